The number of H-pyrrole nitrogens is 1. The van der Waals surface area contributed by atoms with Crippen molar-refractivity contribution in [3.8, 4) is 17.0 Å². The number of anilines is 2. The van der Waals surface area contributed by atoms with Crippen LogP contribution in [0.1, 0.15) is 36.7 Å². The Balaban J connectivity index is 2.04. The first-order valence-corrected chi connectivity index (χ1v) is 11.9. The summed E-state index contributed by atoms with van der Waals surface area (Å²) in [6, 6.07) is 9.48. The largest absolute Gasteiger partial charge is 0.494 e. The number of aromatic amines is 1. The molecule has 10 heteroatoms. The lowest BCUT2D eigenvalue weighted by atomic mass is 9.84. The van der Waals surface area contributed by atoms with Crippen molar-refractivity contribution < 1.29 is 17.9 Å². The van der Waals surface area contributed by atoms with Gasteiger partial charge >= 0.3 is 0 Å². The zero-order chi connectivity index (χ0) is 24.4. The van der Waals surface area contributed by atoms with E-state index in [1.807, 2.05) is 26.8 Å². The molecule has 0 atom stereocenters. The number of aromatic nitrogens is 2. The second-order valence-electron chi connectivity index (χ2n) is 8.53. The first kappa shape index (κ1) is 24.0. The zero-order valence-electron chi connectivity index (χ0n) is 19.0. The van der Waals surface area contributed by atoms with E-state index in [1.54, 1.807) is 6.07 Å². The van der Waals surface area contributed by atoms with Crippen molar-refractivity contribution in [1.29, 1.82) is 0 Å². The van der Waals surface area contributed by atoms with E-state index in [2.05, 4.69) is 20.0 Å². The fourth-order valence-corrected chi connectivity index (χ4v) is 3.86. The van der Waals surface area contributed by atoms with Crippen molar-refractivity contribution in [1.82, 2.24) is 9.97 Å². The molecule has 0 spiro atoms. The average Bonchev–Trinajstić information content (AvgIpc) is 2.72. The maximum atomic E-state index is 13.0. The van der Waals surface area contributed by atoms with Gasteiger partial charge in [-0.25, -0.2) is 13.4 Å². The predicted molar refractivity (Wildman–Crippen MR) is 128 cm³/mol. The Morgan fingerprint density at radius 2 is 1.79 bits per heavy atom. The molecule has 0 saturated heterocycles. The molecule has 1 heterocycles. The van der Waals surface area contributed by atoms with Gasteiger partial charge in [0.1, 0.15) is 11.4 Å². The highest BCUT2D eigenvalue weighted by atomic mass is 32.2. The summed E-state index contributed by atoms with van der Waals surface area (Å²) in [5.41, 5.74) is 1.87. The molecule has 174 valence electrons. The van der Waals surface area contributed by atoms with Crippen LogP contribution in [0.2, 0.25) is 0 Å². The summed E-state index contributed by atoms with van der Waals surface area (Å²) in [6.07, 6.45) is 3.99. The van der Waals surface area contributed by atoms with E-state index in [1.165, 1.54) is 43.8 Å². The SMILES string of the molecule is COc1c(NC(=O)c2ccc(NS(C)(=O)=O)cc2)cc(-c2ncc[nH]c2=O)cc1C(C)(C)C. The highest BCUT2D eigenvalue weighted by Crippen LogP contribution is 2.40. The molecule has 1 amide bonds. The third-order valence-corrected chi connectivity index (χ3v) is 5.39. The highest BCUT2D eigenvalue weighted by Gasteiger charge is 2.25. The van der Waals surface area contributed by atoms with Gasteiger partial charge in [0.05, 0.1) is 19.1 Å². The molecule has 0 fully saturated rings. The van der Waals surface area contributed by atoms with Gasteiger partial charge in [0.2, 0.25) is 10.0 Å². The molecule has 33 heavy (non-hydrogen) atoms. The molecule has 0 bridgehead atoms. The lowest BCUT2D eigenvalue weighted by Gasteiger charge is -2.25. The quantitative estimate of drug-likeness (QED) is 0.506. The third-order valence-electron chi connectivity index (χ3n) is 4.78. The summed E-state index contributed by atoms with van der Waals surface area (Å²) in [6.45, 7) is 5.99. The monoisotopic (exact) mass is 470 g/mol. The standard InChI is InChI=1S/C23H26N4O5S/c1-23(2,3)17-12-15(19-22(29)25-11-10-24-19)13-18(20(17)32-4)26-21(28)14-6-8-16(9-7-14)27-33(5,30)31/h6-13,27H,1-5H3,(H,25,29)(H,26,28). The van der Waals surface area contributed by atoms with Crippen LogP contribution in [-0.4, -0.2) is 37.7 Å². The van der Waals surface area contributed by atoms with E-state index in [0.717, 1.165) is 11.8 Å². The molecule has 1 aromatic heterocycles. The molecule has 2 aromatic carbocycles. The summed E-state index contributed by atoms with van der Waals surface area (Å²) in [5.74, 6) is 0.0495. The minimum atomic E-state index is -3.42. The van der Waals surface area contributed by atoms with Gasteiger partial charge in [-0.3, -0.25) is 14.3 Å². The molecule has 9 nitrogen and oxygen atoms in total. The number of amides is 1. The van der Waals surface area contributed by atoms with E-state index >= 15 is 0 Å². The molecule has 0 radical (unpaired) electrons. The van der Waals surface area contributed by atoms with Crippen LogP contribution in [0.3, 0.4) is 0 Å². The van der Waals surface area contributed by atoms with Crippen molar-refractivity contribution in [2.45, 2.75) is 26.2 Å². The number of methoxy groups -OCH3 is 1. The Bertz CT molecular complexity index is 1340. The number of hydrogen-bond acceptors (Lipinski definition) is 6. The van der Waals surface area contributed by atoms with E-state index in [-0.39, 0.29) is 16.7 Å². The number of rotatable bonds is 6. The van der Waals surface area contributed by atoms with Gasteiger partial charge in [-0.05, 0) is 41.8 Å². The van der Waals surface area contributed by atoms with Crippen LogP contribution in [0.15, 0.2) is 53.6 Å². The Kier molecular flexibility index (Phi) is 6.59. The van der Waals surface area contributed by atoms with Gasteiger partial charge in [-0.2, -0.15) is 0 Å². The molecule has 0 aliphatic rings. The van der Waals surface area contributed by atoms with Gasteiger partial charge in [-0.15, -0.1) is 0 Å². The van der Waals surface area contributed by atoms with Crippen LogP contribution in [0, 0.1) is 0 Å². The van der Waals surface area contributed by atoms with Crippen molar-refractivity contribution in [2.75, 3.05) is 23.4 Å². The van der Waals surface area contributed by atoms with Crippen molar-refractivity contribution in [3.63, 3.8) is 0 Å². The van der Waals surface area contributed by atoms with E-state index < -0.39 is 15.9 Å². The fourth-order valence-electron chi connectivity index (χ4n) is 3.29. The van der Waals surface area contributed by atoms with Gasteiger partial charge < -0.3 is 15.0 Å². The van der Waals surface area contributed by atoms with Gasteiger partial charge in [0.25, 0.3) is 11.5 Å². The minimum absolute atomic E-state index is 0.220. The molecule has 0 unspecified atom stereocenters. The van der Waals surface area contributed by atoms with E-state index in [9.17, 15) is 18.0 Å². The Morgan fingerprint density at radius 1 is 1.12 bits per heavy atom. The number of benzene rings is 2. The maximum absolute atomic E-state index is 13.0. The summed E-state index contributed by atoms with van der Waals surface area (Å²) in [5, 5.41) is 2.84. The van der Waals surface area contributed by atoms with Crippen LogP contribution < -0.4 is 20.3 Å². The summed E-state index contributed by atoms with van der Waals surface area (Å²) in [7, 11) is -1.91. The van der Waals surface area contributed by atoms with Crippen molar-refractivity contribution in [3.05, 3.63) is 70.3 Å². The second kappa shape index (κ2) is 9.07. The number of carbonyl (C=O) groups excluding carboxylic acids is 1. The molecule has 0 saturated carbocycles. The Morgan fingerprint density at radius 3 is 2.33 bits per heavy atom. The van der Waals surface area contributed by atoms with Gasteiger partial charge in [0, 0.05) is 34.8 Å². The van der Waals surface area contributed by atoms with Crippen LogP contribution in [0.5, 0.6) is 5.75 Å². The Labute approximate surface area is 192 Å². The summed E-state index contributed by atoms with van der Waals surface area (Å²) >= 11 is 0. The van der Waals surface area contributed by atoms with Crippen molar-refractivity contribution in [2.24, 2.45) is 0 Å². The van der Waals surface area contributed by atoms with E-state index in [4.69, 9.17) is 4.74 Å². The molecule has 3 N–H and O–H groups in total. The first-order valence-electron chi connectivity index (χ1n) is 10.0. The van der Waals surface area contributed by atoms with Crippen LogP contribution in [0.4, 0.5) is 11.4 Å². The molecular weight excluding hydrogens is 444 g/mol. The molecule has 3 aromatic rings. The number of nitrogens with one attached hydrogen (secondary N) is 3. The minimum Gasteiger partial charge on any atom is -0.494 e. The molecule has 0 aliphatic carbocycles. The van der Waals surface area contributed by atoms with Crippen LogP contribution >= 0.6 is 0 Å². The second-order valence-corrected chi connectivity index (χ2v) is 10.3. The smallest absolute Gasteiger partial charge is 0.274 e. The maximum Gasteiger partial charge on any atom is 0.274 e. The first-order chi connectivity index (χ1) is 15.4. The average molecular weight is 471 g/mol. The van der Waals surface area contributed by atoms with Crippen molar-refractivity contribution >= 4 is 27.3 Å². The number of hydrogen-bond donors (Lipinski definition) is 3. The number of ether oxygens (including phenoxy) is 1. The fraction of sp³-hybridized carbons (Fsp3) is 0.261. The zero-order valence-corrected chi connectivity index (χ0v) is 19.8. The lowest BCUT2D eigenvalue weighted by Crippen LogP contribution is -2.18. The summed E-state index contributed by atoms with van der Waals surface area (Å²) in [4.78, 5) is 32.1. The number of nitrogens with zero attached hydrogens (tertiary/aromatic N) is 1. The Hall–Kier alpha value is -3.66. The number of sulfonamides is 1. The van der Waals surface area contributed by atoms with Gasteiger partial charge in [0.15, 0.2) is 0 Å². The van der Waals surface area contributed by atoms with Crippen LogP contribution in [0.25, 0.3) is 11.3 Å². The molecule has 0 aliphatic heterocycles. The predicted octanol–water partition coefficient (Wildman–Crippen LogP) is 3.37. The lowest BCUT2D eigenvalue weighted by molar-refractivity contribution is 0.102. The topological polar surface area (TPSA) is 130 Å². The highest BCUT2D eigenvalue weighted by molar-refractivity contribution is 7.92. The normalized spacial score (nSPS) is 11.7. The molecule has 3 rings (SSSR count). The van der Waals surface area contributed by atoms with Gasteiger partial charge in [-0.1, -0.05) is 20.8 Å². The van der Waals surface area contributed by atoms with Crippen LogP contribution in [-0.2, 0) is 15.4 Å². The van der Waals surface area contributed by atoms with E-state index in [0.29, 0.717) is 28.3 Å². The molecular formula is C23H26N4O5S. The third kappa shape index (κ3) is 5.78. The number of carbonyl (C=O) groups is 1. The summed E-state index contributed by atoms with van der Waals surface area (Å²) < 4.78 is 30.8.